The van der Waals surface area contributed by atoms with Gasteiger partial charge in [-0.1, -0.05) is 0 Å². The van der Waals surface area contributed by atoms with Crippen LogP contribution in [0, 0.1) is 18.3 Å². The maximum atomic E-state index is 7.21. The first kappa shape index (κ1) is 8.82. The maximum absolute atomic E-state index is 7.21. The Kier molecular flexibility index (Phi) is 21.6. The molecular formula is C2H2NY+2. The number of nitrogens with zero attached hydrogens (tertiary/aromatic N) is 1. The molecule has 1 nitrogen and oxygen atoms in total. The van der Waals surface area contributed by atoms with Crippen molar-refractivity contribution in [2.45, 2.75) is 0 Å². The molecule has 0 aromatic rings. The van der Waals surface area contributed by atoms with Gasteiger partial charge >= 0.3 is 32.7 Å². The minimum Gasteiger partial charge on any atom is -0.305 e. The quantitative estimate of drug-likeness (QED) is 0.432. The second-order valence-corrected chi connectivity index (χ2v) is 0.158. The van der Waals surface area contributed by atoms with E-state index in [1.165, 1.54) is 6.07 Å². The Balaban J connectivity index is 0. The SMILES string of the molecule is [CH2-]C#N.[Y+3]. The maximum Gasteiger partial charge on any atom is 3.00 e. The van der Waals surface area contributed by atoms with Crippen molar-refractivity contribution in [1.29, 1.82) is 5.26 Å². The summed E-state index contributed by atoms with van der Waals surface area (Å²) < 4.78 is 0. The third kappa shape index (κ3) is 24.5. The van der Waals surface area contributed by atoms with Crippen LogP contribution in [0.2, 0.25) is 0 Å². The van der Waals surface area contributed by atoms with E-state index in [4.69, 9.17) is 5.26 Å². The molecular weight excluding hydrogens is 127 g/mol. The monoisotopic (exact) mass is 129 g/mol. The van der Waals surface area contributed by atoms with Gasteiger partial charge in [0.2, 0.25) is 0 Å². The molecule has 0 heterocycles. The Bertz CT molecular complexity index is 27.5. The van der Waals surface area contributed by atoms with E-state index in [0.29, 0.717) is 0 Å². The van der Waals surface area contributed by atoms with E-state index in [-0.39, 0.29) is 32.7 Å². The summed E-state index contributed by atoms with van der Waals surface area (Å²) in [7, 11) is 0. The van der Waals surface area contributed by atoms with Gasteiger partial charge in [0.15, 0.2) is 0 Å². The van der Waals surface area contributed by atoms with E-state index in [0.717, 1.165) is 0 Å². The fraction of sp³-hybridized carbons (Fsp3) is 0. The van der Waals surface area contributed by atoms with Crippen molar-refractivity contribution >= 4 is 0 Å². The molecule has 0 radical (unpaired) electrons. The van der Waals surface area contributed by atoms with Gasteiger partial charge in [0.25, 0.3) is 0 Å². The zero-order chi connectivity index (χ0) is 2.71. The van der Waals surface area contributed by atoms with Crippen LogP contribution in [-0.4, -0.2) is 0 Å². The van der Waals surface area contributed by atoms with Gasteiger partial charge in [-0.05, 0) is 0 Å². The number of hydrogen-bond acceptors (Lipinski definition) is 1. The van der Waals surface area contributed by atoms with Gasteiger partial charge in [0.05, 0.1) is 0 Å². The Morgan fingerprint density at radius 2 is 1.75 bits per heavy atom. The van der Waals surface area contributed by atoms with Crippen molar-refractivity contribution in [3.05, 3.63) is 6.92 Å². The van der Waals surface area contributed by atoms with Gasteiger partial charge in [-0.15, -0.1) is 6.07 Å². The van der Waals surface area contributed by atoms with E-state index in [9.17, 15) is 0 Å². The fourth-order valence-electron chi connectivity index (χ4n) is 0. The second kappa shape index (κ2) is 9.81. The Morgan fingerprint density at radius 3 is 1.75 bits per heavy atom. The van der Waals surface area contributed by atoms with Gasteiger partial charge in [-0.25, -0.2) is 5.26 Å². The van der Waals surface area contributed by atoms with E-state index in [1.807, 2.05) is 0 Å². The third-order valence-corrected chi connectivity index (χ3v) is 0. The van der Waals surface area contributed by atoms with Crippen LogP contribution in [0.3, 0.4) is 0 Å². The average Bonchev–Trinajstić information content (AvgIpc) is 0.918. The first-order chi connectivity index (χ1) is 1.41. The van der Waals surface area contributed by atoms with Crippen molar-refractivity contribution in [3.8, 4) is 6.07 Å². The topological polar surface area (TPSA) is 23.8 Å². The predicted octanol–water partition coefficient (Wildman–Crippen LogP) is 0.342. The summed E-state index contributed by atoms with van der Waals surface area (Å²) in [6.45, 7) is 2.79. The van der Waals surface area contributed by atoms with Crippen LogP contribution in [0.1, 0.15) is 0 Å². The van der Waals surface area contributed by atoms with E-state index >= 15 is 0 Å². The van der Waals surface area contributed by atoms with Crippen molar-refractivity contribution < 1.29 is 32.7 Å². The van der Waals surface area contributed by atoms with Crippen molar-refractivity contribution in [3.63, 3.8) is 0 Å². The molecule has 0 aliphatic rings. The number of nitriles is 1. The van der Waals surface area contributed by atoms with E-state index < -0.39 is 0 Å². The van der Waals surface area contributed by atoms with Crippen LogP contribution in [0.15, 0.2) is 0 Å². The zero-order valence-corrected chi connectivity index (χ0v) is 5.07. The molecule has 0 fully saturated rings. The summed E-state index contributed by atoms with van der Waals surface area (Å²) >= 11 is 0. The van der Waals surface area contributed by atoms with Crippen LogP contribution in [0.4, 0.5) is 0 Å². The summed E-state index contributed by atoms with van der Waals surface area (Å²) in [6.07, 6.45) is 0. The van der Waals surface area contributed by atoms with Gasteiger partial charge in [-0.3, -0.25) is 0 Å². The van der Waals surface area contributed by atoms with Crippen molar-refractivity contribution in [2.24, 2.45) is 0 Å². The molecule has 0 rings (SSSR count). The largest absolute Gasteiger partial charge is 3.00 e. The Labute approximate surface area is 50.9 Å². The molecule has 0 aliphatic heterocycles. The van der Waals surface area contributed by atoms with Crippen LogP contribution >= 0.6 is 0 Å². The molecule has 0 atom stereocenters. The molecule has 0 spiro atoms. The molecule has 0 saturated carbocycles. The summed E-state index contributed by atoms with van der Waals surface area (Å²) in [5.74, 6) is 0. The van der Waals surface area contributed by atoms with Gasteiger partial charge in [0, 0.05) is 0 Å². The smallest absolute Gasteiger partial charge is 0.305 e. The van der Waals surface area contributed by atoms with E-state index in [1.54, 1.807) is 0 Å². The van der Waals surface area contributed by atoms with Crippen LogP contribution < -0.4 is 0 Å². The fourth-order valence-corrected chi connectivity index (χ4v) is 0. The normalized spacial score (nSPS) is 1.75. The van der Waals surface area contributed by atoms with Gasteiger partial charge in [-0.2, -0.15) is 0 Å². The summed E-state index contributed by atoms with van der Waals surface area (Å²) in [4.78, 5) is 0. The molecule has 2 heteroatoms. The minimum absolute atomic E-state index is 0. The summed E-state index contributed by atoms with van der Waals surface area (Å²) in [6, 6.07) is 1.50. The molecule has 0 bridgehead atoms. The molecule has 16 valence electrons. The Morgan fingerprint density at radius 1 is 1.75 bits per heavy atom. The minimum atomic E-state index is 0. The molecule has 0 amide bonds. The second-order valence-electron chi connectivity index (χ2n) is 0.158. The van der Waals surface area contributed by atoms with Gasteiger partial charge < -0.3 is 6.92 Å². The van der Waals surface area contributed by atoms with E-state index in [2.05, 4.69) is 6.92 Å². The van der Waals surface area contributed by atoms with Crippen LogP contribution in [-0.2, 0) is 32.7 Å². The van der Waals surface area contributed by atoms with Crippen LogP contribution in [0.5, 0.6) is 0 Å². The average molecular weight is 129 g/mol. The first-order valence-corrected chi connectivity index (χ1v) is 0.577. The zero-order valence-electron chi connectivity index (χ0n) is 2.23. The first-order valence-electron chi connectivity index (χ1n) is 0.577. The molecule has 0 aromatic heterocycles. The molecule has 0 saturated heterocycles. The molecule has 4 heavy (non-hydrogen) atoms. The Hall–Kier alpha value is 0.464. The van der Waals surface area contributed by atoms with Gasteiger partial charge in [0.1, 0.15) is 0 Å². The molecule has 0 aliphatic carbocycles. The van der Waals surface area contributed by atoms with Crippen molar-refractivity contribution in [1.82, 2.24) is 0 Å². The predicted molar refractivity (Wildman–Crippen MR) is 11.0 cm³/mol. The van der Waals surface area contributed by atoms with Crippen molar-refractivity contribution in [2.75, 3.05) is 0 Å². The summed E-state index contributed by atoms with van der Waals surface area (Å²) in [5.41, 5.74) is 0. The summed E-state index contributed by atoms with van der Waals surface area (Å²) in [5, 5.41) is 7.21. The third-order valence-electron chi connectivity index (χ3n) is 0. The number of hydrogen-bond donors (Lipinski definition) is 0. The molecule has 0 unspecified atom stereocenters. The van der Waals surface area contributed by atoms with Crippen LogP contribution in [0.25, 0.3) is 0 Å². The number of rotatable bonds is 0. The molecule has 0 N–H and O–H groups in total. The standard InChI is InChI=1S/C2H2N.Y/c1-2-3;/h1H2;/q-1;+3. The molecule has 0 aromatic carbocycles.